The zero-order chi connectivity index (χ0) is 26.4. The standard InChI is InChI=1S/C20H2Br12N4/c21-1-2(22)14-10(30)16-5(25)6(26)18(35-16)12(32)20-8(28)7(27)19(36-20)11(31)17-4(24)3(23)15(34-17)9(29)13(1)33-14/h33,36H. The molecular formula is C20H2Br12N4. The number of halogens is 12. The van der Waals surface area contributed by atoms with Gasteiger partial charge in [-0.3, -0.25) is 0 Å². The monoisotopic (exact) mass is 1250 g/mol. The van der Waals surface area contributed by atoms with E-state index >= 15 is 0 Å². The van der Waals surface area contributed by atoms with Crippen molar-refractivity contribution in [2.75, 3.05) is 0 Å². The van der Waals surface area contributed by atoms with Gasteiger partial charge in [-0.05, 0) is 191 Å². The van der Waals surface area contributed by atoms with Crippen molar-refractivity contribution in [3.05, 3.63) is 58.6 Å². The maximum absolute atomic E-state index is 4.95. The molecule has 4 nitrogen and oxygen atoms in total. The highest BCUT2D eigenvalue weighted by Gasteiger charge is 2.27. The van der Waals surface area contributed by atoms with Crippen LogP contribution in [0.3, 0.4) is 0 Å². The molecule has 186 valence electrons. The molecule has 0 aromatic carbocycles. The Labute approximate surface area is 304 Å². The molecule has 2 aliphatic rings. The van der Waals surface area contributed by atoms with E-state index in [4.69, 9.17) is 9.97 Å². The van der Waals surface area contributed by atoms with E-state index in [2.05, 4.69) is 201 Å². The summed E-state index contributed by atoms with van der Waals surface area (Å²) in [5, 5.41) is 0. The fourth-order valence-corrected chi connectivity index (χ4v) is 11.8. The van der Waals surface area contributed by atoms with Gasteiger partial charge in [0.05, 0.1) is 98.6 Å². The minimum Gasteiger partial charge on any atom is -0.352 e. The van der Waals surface area contributed by atoms with Crippen LogP contribution in [0.2, 0.25) is 0 Å². The molecule has 0 saturated carbocycles. The van der Waals surface area contributed by atoms with Crippen molar-refractivity contribution in [3.8, 4) is 0 Å². The van der Waals surface area contributed by atoms with Gasteiger partial charge in [0.2, 0.25) is 0 Å². The first-order valence-corrected chi connectivity index (χ1v) is 18.7. The first kappa shape index (κ1) is 29.8. The topological polar surface area (TPSA) is 57.4 Å². The van der Waals surface area contributed by atoms with Crippen molar-refractivity contribution in [3.63, 3.8) is 0 Å². The molecule has 16 heteroatoms. The number of aromatic nitrogens is 4. The number of nitrogens with zero attached hydrogens (tertiary/aromatic N) is 2. The van der Waals surface area contributed by atoms with Gasteiger partial charge in [0.1, 0.15) is 0 Å². The summed E-state index contributed by atoms with van der Waals surface area (Å²) >= 11 is 44.8. The Morgan fingerprint density at radius 2 is 0.500 bits per heavy atom. The number of nitrogens with one attached hydrogen (secondary N) is 2. The second-order valence-electron chi connectivity index (χ2n) is 7.14. The Bertz CT molecular complexity index is 1520. The lowest BCUT2D eigenvalue weighted by molar-refractivity contribution is 1.28. The molecule has 3 aromatic rings. The van der Waals surface area contributed by atoms with E-state index in [0.717, 1.165) is 75.8 Å². The van der Waals surface area contributed by atoms with Crippen LogP contribution >= 0.6 is 191 Å². The summed E-state index contributed by atoms with van der Waals surface area (Å²) in [4.78, 5) is 16.9. The summed E-state index contributed by atoms with van der Waals surface area (Å²) < 4.78 is 9.56. The summed E-state index contributed by atoms with van der Waals surface area (Å²) in [6.07, 6.45) is 0. The maximum Gasteiger partial charge on any atom is 0.0955 e. The first-order chi connectivity index (χ1) is 16.9. The Kier molecular flexibility index (Phi) is 9.30. The van der Waals surface area contributed by atoms with E-state index < -0.39 is 0 Å². The van der Waals surface area contributed by atoms with Crippen molar-refractivity contribution in [1.82, 2.24) is 19.9 Å². The second-order valence-corrected chi connectivity index (χ2v) is 16.7. The zero-order valence-corrected chi connectivity index (χ0v) is 35.5. The molecular weight excluding hydrogens is 1260 g/mol. The van der Waals surface area contributed by atoms with Gasteiger partial charge in [-0.2, -0.15) is 0 Å². The minimum atomic E-state index is 0.713. The van der Waals surface area contributed by atoms with E-state index in [1.165, 1.54) is 0 Å². The number of fused-ring (bicyclic) bond motifs is 8. The van der Waals surface area contributed by atoms with Gasteiger partial charge in [-0.25, -0.2) is 9.97 Å². The van der Waals surface area contributed by atoms with Crippen LogP contribution in [0.15, 0.2) is 35.8 Å². The Hall–Kier alpha value is 2.36. The molecule has 0 unspecified atom stereocenters. The Balaban J connectivity index is 2.13. The lowest BCUT2D eigenvalue weighted by Crippen LogP contribution is -1.83. The van der Waals surface area contributed by atoms with Gasteiger partial charge in [0, 0.05) is 0 Å². The van der Waals surface area contributed by atoms with Crippen LogP contribution in [-0.2, 0) is 0 Å². The molecule has 2 aliphatic heterocycles. The second kappa shape index (κ2) is 11.2. The van der Waals surface area contributed by atoms with Crippen LogP contribution in [0.4, 0.5) is 0 Å². The molecule has 36 heavy (non-hydrogen) atoms. The predicted molar refractivity (Wildman–Crippen MR) is 192 cm³/mol. The van der Waals surface area contributed by atoms with Gasteiger partial charge in [-0.15, -0.1) is 0 Å². The fourth-order valence-electron chi connectivity index (χ4n) is 3.40. The van der Waals surface area contributed by atoms with Crippen LogP contribution in [0.1, 0.15) is 22.8 Å². The average molecular weight is 1260 g/mol. The average Bonchev–Trinajstić information content (AvgIpc) is 3.52. The number of aromatic amines is 2. The third-order valence-corrected chi connectivity index (χ3v) is 16.6. The van der Waals surface area contributed by atoms with Crippen molar-refractivity contribution in [2.45, 2.75) is 0 Å². The van der Waals surface area contributed by atoms with Crippen LogP contribution < -0.4 is 0 Å². The molecule has 0 spiro atoms. The highest BCUT2D eigenvalue weighted by molar-refractivity contribution is 9.19. The molecule has 5 rings (SSSR count). The van der Waals surface area contributed by atoms with Crippen molar-refractivity contribution >= 4 is 231 Å². The van der Waals surface area contributed by atoms with Crippen LogP contribution in [0.5, 0.6) is 0 Å². The highest BCUT2D eigenvalue weighted by Crippen LogP contribution is 2.50. The van der Waals surface area contributed by atoms with Gasteiger partial charge >= 0.3 is 0 Å². The smallest absolute Gasteiger partial charge is 0.0955 e. The number of hydrogen-bond donors (Lipinski definition) is 2. The Morgan fingerprint density at radius 3 is 0.694 bits per heavy atom. The lowest BCUT2D eigenvalue weighted by Gasteiger charge is -1.97. The Morgan fingerprint density at radius 1 is 0.306 bits per heavy atom. The third kappa shape index (κ3) is 4.70. The molecule has 0 atom stereocenters. The predicted octanol–water partition coefficient (Wildman–Crippen LogP) is 13.6. The van der Waals surface area contributed by atoms with Gasteiger partial charge < -0.3 is 9.97 Å². The fraction of sp³-hybridized carbons (Fsp3) is 0. The van der Waals surface area contributed by atoms with Crippen LogP contribution in [-0.4, -0.2) is 19.9 Å². The van der Waals surface area contributed by atoms with Crippen LogP contribution in [0, 0.1) is 0 Å². The summed E-state index contributed by atoms with van der Waals surface area (Å²) in [6.45, 7) is 0. The van der Waals surface area contributed by atoms with E-state index in [1.807, 2.05) is 0 Å². The van der Waals surface area contributed by atoms with Gasteiger partial charge in [0.25, 0.3) is 0 Å². The molecule has 2 N–H and O–H groups in total. The SMILES string of the molecule is BrC1=C(Br)c2nc1c(Br)c1[nH]c(c(Br)c3nc(c(Br)c4[nH]c(c2Br)c(Br)c4Br)C(Br)=C3Br)c(Br)c1Br. The third-order valence-electron chi connectivity index (χ3n) is 5.14. The molecule has 5 heterocycles. The normalized spacial score (nSPS) is 13.9. The molecule has 8 bridgehead atoms. The number of hydrogen-bond acceptors (Lipinski definition) is 2. The maximum atomic E-state index is 4.95. The van der Waals surface area contributed by atoms with Crippen LogP contribution in [0.25, 0.3) is 40.0 Å². The summed E-state index contributed by atoms with van der Waals surface area (Å²) in [7, 11) is 0. The molecule has 0 radical (unpaired) electrons. The zero-order valence-electron chi connectivity index (χ0n) is 16.4. The molecule has 0 fully saturated rings. The van der Waals surface area contributed by atoms with E-state index in [9.17, 15) is 0 Å². The largest absolute Gasteiger partial charge is 0.352 e. The molecule has 3 aromatic heterocycles. The summed E-state index contributed by atoms with van der Waals surface area (Å²) in [5.74, 6) is 0. The molecule has 0 amide bonds. The van der Waals surface area contributed by atoms with Crippen molar-refractivity contribution in [2.24, 2.45) is 0 Å². The molecule has 0 saturated heterocycles. The van der Waals surface area contributed by atoms with E-state index in [0.29, 0.717) is 22.8 Å². The van der Waals surface area contributed by atoms with Crippen molar-refractivity contribution in [1.29, 1.82) is 0 Å². The van der Waals surface area contributed by atoms with E-state index in [1.54, 1.807) is 0 Å². The quantitative estimate of drug-likeness (QED) is 0.236. The molecule has 0 aliphatic carbocycles. The van der Waals surface area contributed by atoms with Crippen molar-refractivity contribution < 1.29 is 0 Å². The highest BCUT2D eigenvalue weighted by atomic mass is 79.9. The number of H-pyrrole nitrogens is 2. The lowest BCUT2D eigenvalue weighted by atomic mass is 10.3. The number of rotatable bonds is 0. The summed E-state index contributed by atoms with van der Waals surface area (Å²) in [6, 6.07) is 0. The van der Waals surface area contributed by atoms with E-state index in [-0.39, 0.29) is 0 Å². The first-order valence-electron chi connectivity index (χ1n) is 9.16. The minimum absolute atomic E-state index is 0.713. The van der Waals surface area contributed by atoms with Gasteiger partial charge in [0.15, 0.2) is 0 Å². The summed E-state index contributed by atoms with van der Waals surface area (Å²) in [5.41, 5.74) is 6.06. The van der Waals surface area contributed by atoms with Gasteiger partial charge in [-0.1, -0.05) is 0 Å².